The van der Waals surface area contributed by atoms with E-state index < -0.39 is 5.60 Å². The van der Waals surface area contributed by atoms with Crippen molar-refractivity contribution in [3.8, 4) is 0 Å². The van der Waals surface area contributed by atoms with Crippen molar-refractivity contribution in [3.05, 3.63) is 0 Å². The molecule has 90 valence electrons. The molecule has 0 bridgehead atoms. The first-order chi connectivity index (χ1) is 6.75. The van der Waals surface area contributed by atoms with E-state index >= 15 is 0 Å². The zero-order valence-electron chi connectivity index (χ0n) is 10.8. The molecule has 0 fully saturated rings. The Hall–Kier alpha value is -0.610. The van der Waals surface area contributed by atoms with Crippen molar-refractivity contribution >= 4 is 5.91 Å². The van der Waals surface area contributed by atoms with E-state index in [0.29, 0.717) is 13.0 Å². The first kappa shape index (κ1) is 14.4. The fraction of sp³-hybridized carbons (Fsp3) is 0.909. The van der Waals surface area contributed by atoms with Crippen LogP contribution in [0.5, 0.6) is 0 Å². The maximum Gasteiger partial charge on any atom is 0.254 e. The first-order valence-corrected chi connectivity index (χ1v) is 5.28. The van der Waals surface area contributed by atoms with Crippen molar-refractivity contribution < 1.29 is 9.53 Å². The number of nitrogens with two attached hydrogens (primary N) is 1. The monoisotopic (exact) mass is 216 g/mol. The molecule has 4 nitrogen and oxygen atoms in total. The van der Waals surface area contributed by atoms with Crippen molar-refractivity contribution in [1.82, 2.24) is 4.90 Å². The van der Waals surface area contributed by atoms with Crippen molar-refractivity contribution in [1.29, 1.82) is 0 Å². The minimum absolute atomic E-state index is 0.0250. The van der Waals surface area contributed by atoms with Crippen LogP contribution in [0.25, 0.3) is 0 Å². The van der Waals surface area contributed by atoms with Crippen LogP contribution in [0.15, 0.2) is 0 Å². The number of rotatable bonds is 5. The highest BCUT2D eigenvalue weighted by Gasteiger charge is 2.38. The number of ether oxygens (including phenoxy) is 1. The van der Waals surface area contributed by atoms with Gasteiger partial charge in [0.2, 0.25) is 0 Å². The smallest absolute Gasteiger partial charge is 0.254 e. The second-order valence-corrected chi connectivity index (χ2v) is 4.67. The average Bonchev–Trinajstić information content (AvgIpc) is 2.25. The van der Waals surface area contributed by atoms with Crippen LogP contribution in [0.3, 0.4) is 0 Å². The summed E-state index contributed by atoms with van der Waals surface area (Å²) in [4.78, 5) is 13.8. The Morgan fingerprint density at radius 2 is 1.87 bits per heavy atom. The van der Waals surface area contributed by atoms with Gasteiger partial charge in [-0.05, 0) is 27.2 Å². The maximum atomic E-state index is 12.2. The lowest BCUT2D eigenvalue weighted by atomic mass is 9.96. The van der Waals surface area contributed by atoms with Gasteiger partial charge in [-0.1, -0.05) is 6.92 Å². The van der Waals surface area contributed by atoms with E-state index in [1.54, 1.807) is 26.0 Å². The standard InChI is InChI=1S/C11H24N2O2/c1-7-11(4,15-6)9(14)13(5)10(2,3)8-12/h7-8,12H2,1-6H3. The van der Waals surface area contributed by atoms with Crippen LogP contribution in [0.4, 0.5) is 0 Å². The molecule has 15 heavy (non-hydrogen) atoms. The molecule has 1 amide bonds. The van der Waals surface area contributed by atoms with E-state index in [1.807, 2.05) is 20.8 Å². The zero-order chi connectivity index (χ0) is 12.3. The molecule has 4 heteroatoms. The molecule has 0 aliphatic carbocycles. The number of hydrogen-bond donors (Lipinski definition) is 1. The van der Waals surface area contributed by atoms with Gasteiger partial charge in [0.15, 0.2) is 0 Å². The van der Waals surface area contributed by atoms with Gasteiger partial charge in [0.25, 0.3) is 5.91 Å². The number of nitrogens with zero attached hydrogens (tertiary/aromatic N) is 1. The molecule has 2 N–H and O–H groups in total. The molecule has 1 atom stereocenters. The summed E-state index contributed by atoms with van der Waals surface area (Å²) in [6.07, 6.45) is 0.646. The van der Waals surface area contributed by atoms with Crippen molar-refractivity contribution in [3.63, 3.8) is 0 Å². The predicted molar refractivity (Wildman–Crippen MR) is 61.6 cm³/mol. The number of hydrogen-bond acceptors (Lipinski definition) is 3. The van der Waals surface area contributed by atoms with Gasteiger partial charge in [0.05, 0.1) is 0 Å². The summed E-state index contributed by atoms with van der Waals surface area (Å²) in [6.45, 7) is 8.05. The quantitative estimate of drug-likeness (QED) is 0.746. The number of amides is 1. The third-order valence-electron chi connectivity index (χ3n) is 3.29. The lowest BCUT2D eigenvalue weighted by Gasteiger charge is -2.39. The van der Waals surface area contributed by atoms with Gasteiger partial charge < -0.3 is 15.4 Å². The highest BCUT2D eigenvalue weighted by molar-refractivity contribution is 5.85. The minimum Gasteiger partial charge on any atom is -0.369 e. The third-order valence-corrected chi connectivity index (χ3v) is 3.29. The first-order valence-electron chi connectivity index (χ1n) is 5.28. The van der Waals surface area contributed by atoms with Crippen LogP contribution in [0.1, 0.15) is 34.1 Å². The molecule has 0 aliphatic rings. The number of carbonyl (C=O) groups excluding carboxylic acids is 1. The highest BCUT2D eigenvalue weighted by Crippen LogP contribution is 2.21. The van der Waals surface area contributed by atoms with E-state index in [4.69, 9.17) is 10.5 Å². The SMILES string of the molecule is CCC(C)(OC)C(=O)N(C)C(C)(C)CN. The van der Waals surface area contributed by atoms with Crippen LogP contribution in [0.2, 0.25) is 0 Å². The fourth-order valence-electron chi connectivity index (χ4n) is 1.15. The Labute approximate surface area is 92.8 Å². The second-order valence-electron chi connectivity index (χ2n) is 4.67. The molecule has 0 radical (unpaired) electrons. The molecular formula is C11H24N2O2. The van der Waals surface area contributed by atoms with Gasteiger partial charge in [-0.25, -0.2) is 0 Å². The third kappa shape index (κ3) is 2.92. The molecule has 0 saturated heterocycles. The van der Waals surface area contributed by atoms with Crippen LogP contribution in [-0.2, 0) is 9.53 Å². The van der Waals surface area contributed by atoms with Gasteiger partial charge in [0.1, 0.15) is 5.60 Å². The molecule has 0 spiro atoms. The molecule has 0 aromatic heterocycles. The van der Waals surface area contributed by atoms with Crippen LogP contribution < -0.4 is 5.73 Å². The van der Waals surface area contributed by atoms with Crippen LogP contribution in [-0.4, -0.2) is 42.6 Å². The molecule has 0 heterocycles. The summed E-state index contributed by atoms with van der Waals surface area (Å²) in [5, 5.41) is 0. The van der Waals surface area contributed by atoms with E-state index in [-0.39, 0.29) is 11.4 Å². The molecule has 1 unspecified atom stereocenters. The maximum absolute atomic E-state index is 12.2. The molecule has 0 aliphatic heterocycles. The van der Waals surface area contributed by atoms with Crippen LogP contribution >= 0.6 is 0 Å². The van der Waals surface area contributed by atoms with E-state index in [9.17, 15) is 4.79 Å². The summed E-state index contributed by atoms with van der Waals surface area (Å²) < 4.78 is 5.28. The molecule has 0 saturated carbocycles. The van der Waals surface area contributed by atoms with Crippen molar-refractivity contribution in [2.24, 2.45) is 5.73 Å². The molecule has 0 rings (SSSR count). The Balaban J connectivity index is 4.86. The largest absolute Gasteiger partial charge is 0.369 e. The van der Waals surface area contributed by atoms with Crippen molar-refractivity contribution in [2.75, 3.05) is 20.7 Å². The Morgan fingerprint density at radius 1 is 1.40 bits per heavy atom. The van der Waals surface area contributed by atoms with E-state index in [2.05, 4.69) is 0 Å². The summed E-state index contributed by atoms with van der Waals surface area (Å²) in [7, 11) is 3.33. The van der Waals surface area contributed by atoms with E-state index in [0.717, 1.165) is 0 Å². The summed E-state index contributed by atoms with van der Waals surface area (Å²) in [5.74, 6) is -0.0250. The van der Waals surface area contributed by atoms with Gasteiger partial charge in [0, 0.05) is 26.2 Å². The van der Waals surface area contributed by atoms with Gasteiger partial charge in [-0.3, -0.25) is 4.79 Å². The molecular weight excluding hydrogens is 192 g/mol. The Morgan fingerprint density at radius 3 is 2.13 bits per heavy atom. The number of carbonyl (C=O) groups is 1. The fourth-order valence-corrected chi connectivity index (χ4v) is 1.15. The lowest BCUT2D eigenvalue weighted by Crippen LogP contribution is -2.57. The number of methoxy groups -OCH3 is 1. The van der Waals surface area contributed by atoms with Gasteiger partial charge in [-0.15, -0.1) is 0 Å². The molecule has 0 aromatic rings. The Bertz CT molecular complexity index is 223. The van der Waals surface area contributed by atoms with Gasteiger partial charge >= 0.3 is 0 Å². The van der Waals surface area contributed by atoms with Crippen LogP contribution in [0, 0.1) is 0 Å². The Kier molecular flexibility index (Phi) is 4.74. The normalized spacial score (nSPS) is 15.9. The van der Waals surface area contributed by atoms with Gasteiger partial charge in [-0.2, -0.15) is 0 Å². The zero-order valence-corrected chi connectivity index (χ0v) is 10.8. The lowest BCUT2D eigenvalue weighted by molar-refractivity contribution is -0.156. The topological polar surface area (TPSA) is 55.6 Å². The number of likely N-dealkylation sites (N-methyl/N-ethyl adjacent to an activating group) is 1. The van der Waals surface area contributed by atoms with Crippen molar-refractivity contribution in [2.45, 2.75) is 45.3 Å². The summed E-state index contributed by atoms with van der Waals surface area (Å²) in [6, 6.07) is 0. The minimum atomic E-state index is -0.749. The summed E-state index contributed by atoms with van der Waals surface area (Å²) >= 11 is 0. The highest BCUT2D eigenvalue weighted by atomic mass is 16.5. The predicted octanol–water partition coefficient (Wildman–Crippen LogP) is 0.997. The second kappa shape index (κ2) is 4.94. The summed E-state index contributed by atoms with van der Waals surface area (Å²) in [5.41, 5.74) is 4.55. The van der Waals surface area contributed by atoms with E-state index in [1.165, 1.54) is 0 Å². The molecule has 0 aromatic carbocycles. The average molecular weight is 216 g/mol.